The molecule has 7 heteroatoms. The lowest BCUT2D eigenvalue weighted by molar-refractivity contribution is 0.0453. The number of rotatable bonds is 5. The SMILES string of the molecule is COc1cccc(N)c1C(=O)OCc1ncnn1C(C)C. The van der Waals surface area contributed by atoms with E-state index >= 15 is 0 Å². The molecular formula is C14H18N4O3. The van der Waals surface area contributed by atoms with Crippen LogP contribution in [0, 0.1) is 0 Å². The fourth-order valence-electron chi connectivity index (χ4n) is 1.95. The van der Waals surface area contributed by atoms with Crippen LogP contribution in [0.2, 0.25) is 0 Å². The Bertz CT molecular complexity index is 637. The molecule has 0 radical (unpaired) electrons. The van der Waals surface area contributed by atoms with Crippen molar-refractivity contribution in [3.63, 3.8) is 0 Å². The Balaban J connectivity index is 2.14. The largest absolute Gasteiger partial charge is 0.496 e. The van der Waals surface area contributed by atoms with Gasteiger partial charge in [-0.15, -0.1) is 0 Å². The molecule has 0 saturated carbocycles. The van der Waals surface area contributed by atoms with E-state index in [9.17, 15) is 4.79 Å². The molecule has 0 aliphatic rings. The monoisotopic (exact) mass is 290 g/mol. The summed E-state index contributed by atoms with van der Waals surface area (Å²) in [4.78, 5) is 16.3. The van der Waals surface area contributed by atoms with Crippen LogP contribution in [0.5, 0.6) is 5.75 Å². The second-order valence-electron chi connectivity index (χ2n) is 4.72. The average molecular weight is 290 g/mol. The summed E-state index contributed by atoms with van der Waals surface area (Å²) in [5.74, 6) is 0.403. The highest BCUT2D eigenvalue weighted by molar-refractivity contribution is 5.98. The lowest BCUT2D eigenvalue weighted by atomic mass is 10.1. The summed E-state index contributed by atoms with van der Waals surface area (Å²) in [6.45, 7) is 3.96. The predicted molar refractivity (Wildman–Crippen MR) is 76.9 cm³/mol. The number of ether oxygens (including phenoxy) is 2. The van der Waals surface area contributed by atoms with Crippen molar-refractivity contribution >= 4 is 11.7 Å². The number of nitrogens with zero attached hydrogens (tertiary/aromatic N) is 3. The first-order valence-electron chi connectivity index (χ1n) is 6.52. The smallest absolute Gasteiger partial charge is 0.344 e. The molecule has 112 valence electrons. The number of nitrogen functional groups attached to an aromatic ring is 1. The predicted octanol–water partition coefficient (Wildman–Crippen LogP) is 1.81. The Morgan fingerprint density at radius 1 is 1.43 bits per heavy atom. The summed E-state index contributed by atoms with van der Waals surface area (Å²) in [7, 11) is 1.47. The Morgan fingerprint density at radius 2 is 2.19 bits per heavy atom. The van der Waals surface area contributed by atoms with Gasteiger partial charge in [0.1, 0.15) is 17.6 Å². The molecule has 2 N–H and O–H groups in total. The number of nitrogens with two attached hydrogens (primary N) is 1. The molecule has 2 aromatic rings. The van der Waals surface area contributed by atoms with Gasteiger partial charge in [0.15, 0.2) is 12.4 Å². The Kier molecular flexibility index (Phi) is 4.42. The number of aromatic nitrogens is 3. The number of hydrogen-bond acceptors (Lipinski definition) is 6. The van der Waals surface area contributed by atoms with Gasteiger partial charge in [0, 0.05) is 11.7 Å². The third-order valence-electron chi connectivity index (χ3n) is 2.95. The van der Waals surface area contributed by atoms with Crippen LogP contribution in [0.3, 0.4) is 0 Å². The number of benzene rings is 1. The molecule has 0 bridgehead atoms. The lowest BCUT2D eigenvalue weighted by Gasteiger charge is -2.12. The molecule has 2 rings (SSSR count). The van der Waals surface area contributed by atoms with Crippen molar-refractivity contribution in [3.05, 3.63) is 35.9 Å². The fourth-order valence-corrected chi connectivity index (χ4v) is 1.95. The highest BCUT2D eigenvalue weighted by Gasteiger charge is 2.18. The van der Waals surface area contributed by atoms with Gasteiger partial charge in [-0.1, -0.05) is 6.07 Å². The van der Waals surface area contributed by atoms with Crippen LogP contribution in [0.15, 0.2) is 24.5 Å². The quantitative estimate of drug-likeness (QED) is 0.667. The maximum atomic E-state index is 12.2. The summed E-state index contributed by atoms with van der Waals surface area (Å²) >= 11 is 0. The van der Waals surface area contributed by atoms with Crippen LogP contribution in [-0.2, 0) is 11.3 Å². The van der Waals surface area contributed by atoms with Crippen LogP contribution in [-0.4, -0.2) is 27.8 Å². The molecule has 0 aliphatic heterocycles. The third-order valence-corrected chi connectivity index (χ3v) is 2.95. The van der Waals surface area contributed by atoms with E-state index in [1.165, 1.54) is 13.4 Å². The molecule has 0 aliphatic carbocycles. The lowest BCUT2D eigenvalue weighted by Crippen LogP contribution is -2.14. The van der Waals surface area contributed by atoms with Gasteiger partial charge in [-0.05, 0) is 26.0 Å². The first-order chi connectivity index (χ1) is 10.0. The molecule has 1 aromatic carbocycles. The maximum absolute atomic E-state index is 12.2. The van der Waals surface area contributed by atoms with Crippen LogP contribution in [0.4, 0.5) is 5.69 Å². The fraction of sp³-hybridized carbons (Fsp3) is 0.357. The number of hydrogen-bond donors (Lipinski definition) is 1. The van der Waals surface area contributed by atoms with Gasteiger partial charge >= 0.3 is 5.97 Å². The van der Waals surface area contributed by atoms with Crippen LogP contribution in [0.25, 0.3) is 0 Å². The molecule has 0 saturated heterocycles. The summed E-state index contributed by atoms with van der Waals surface area (Å²) in [6.07, 6.45) is 1.43. The molecule has 1 heterocycles. The van der Waals surface area contributed by atoms with Gasteiger partial charge in [0.05, 0.1) is 7.11 Å². The van der Waals surface area contributed by atoms with E-state index in [2.05, 4.69) is 10.1 Å². The summed E-state index contributed by atoms with van der Waals surface area (Å²) < 4.78 is 12.1. The molecule has 7 nitrogen and oxygen atoms in total. The van der Waals surface area contributed by atoms with Gasteiger partial charge in [-0.25, -0.2) is 14.5 Å². The minimum absolute atomic E-state index is 0.0223. The number of methoxy groups -OCH3 is 1. The van der Waals surface area contributed by atoms with E-state index in [-0.39, 0.29) is 18.2 Å². The Hall–Kier alpha value is -2.57. The molecule has 21 heavy (non-hydrogen) atoms. The molecule has 0 amide bonds. The highest BCUT2D eigenvalue weighted by Crippen LogP contribution is 2.25. The highest BCUT2D eigenvalue weighted by atomic mass is 16.5. The Labute approximate surface area is 122 Å². The van der Waals surface area contributed by atoms with Crippen molar-refractivity contribution in [2.75, 3.05) is 12.8 Å². The van der Waals surface area contributed by atoms with Crippen molar-refractivity contribution < 1.29 is 14.3 Å². The van der Waals surface area contributed by atoms with E-state index in [1.807, 2.05) is 13.8 Å². The minimum Gasteiger partial charge on any atom is -0.496 e. The molecule has 0 unspecified atom stereocenters. The summed E-state index contributed by atoms with van der Waals surface area (Å²) in [5, 5.41) is 4.08. The van der Waals surface area contributed by atoms with Crippen LogP contribution < -0.4 is 10.5 Å². The molecule has 0 spiro atoms. The van der Waals surface area contributed by atoms with Crippen molar-refractivity contribution in [3.8, 4) is 5.75 Å². The summed E-state index contributed by atoms with van der Waals surface area (Å²) in [5.41, 5.74) is 6.34. The van der Waals surface area contributed by atoms with Crippen molar-refractivity contribution in [2.45, 2.75) is 26.5 Å². The number of anilines is 1. The molecular weight excluding hydrogens is 272 g/mol. The standard InChI is InChI=1S/C14H18N4O3/c1-9(2)18-12(16-8-17-18)7-21-14(19)13-10(15)5-4-6-11(13)20-3/h4-6,8-9H,7,15H2,1-3H3. The zero-order valence-electron chi connectivity index (χ0n) is 12.2. The van der Waals surface area contributed by atoms with E-state index in [4.69, 9.17) is 15.2 Å². The molecule has 0 atom stereocenters. The topological polar surface area (TPSA) is 92.3 Å². The third kappa shape index (κ3) is 3.13. The first kappa shape index (κ1) is 14.8. The zero-order valence-corrected chi connectivity index (χ0v) is 12.2. The maximum Gasteiger partial charge on any atom is 0.344 e. The first-order valence-corrected chi connectivity index (χ1v) is 6.52. The van der Waals surface area contributed by atoms with Crippen LogP contribution in [0.1, 0.15) is 36.1 Å². The van der Waals surface area contributed by atoms with Gasteiger partial charge < -0.3 is 15.2 Å². The number of carbonyl (C=O) groups is 1. The van der Waals surface area contributed by atoms with Gasteiger partial charge in [0.2, 0.25) is 0 Å². The van der Waals surface area contributed by atoms with Crippen molar-refractivity contribution in [2.24, 2.45) is 0 Å². The Morgan fingerprint density at radius 3 is 2.86 bits per heavy atom. The van der Waals surface area contributed by atoms with E-state index in [1.54, 1.807) is 22.9 Å². The normalized spacial score (nSPS) is 10.7. The van der Waals surface area contributed by atoms with E-state index < -0.39 is 5.97 Å². The second-order valence-corrected chi connectivity index (χ2v) is 4.72. The van der Waals surface area contributed by atoms with Crippen LogP contribution >= 0.6 is 0 Å². The van der Waals surface area contributed by atoms with Gasteiger partial charge in [0.25, 0.3) is 0 Å². The minimum atomic E-state index is -0.553. The van der Waals surface area contributed by atoms with Crippen molar-refractivity contribution in [1.29, 1.82) is 0 Å². The number of esters is 1. The van der Waals surface area contributed by atoms with E-state index in [0.29, 0.717) is 17.3 Å². The zero-order chi connectivity index (χ0) is 15.4. The van der Waals surface area contributed by atoms with Crippen molar-refractivity contribution in [1.82, 2.24) is 14.8 Å². The second kappa shape index (κ2) is 6.25. The van der Waals surface area contributed by atoms with Gasteiger partial charge in [-0.2, -0.15) is 5.10 Å². The molecule has 1 aromatic heterocycles. The van der Waals surface area contributed by atoms with E-state index in [0.717, 1.165) is 0 Å². The molecule has 0 fully saturated rings. The number of carbonyl (C=O) groups excluding carboxylic acids is 1. The summed E-state index contributed by atoms with van der Waals surface area (Å²) in [6, 6.07) is 5.12. The average Bonchev–Trinajstić information content (AvgIpc) is 2.93. The van der Waals surface area contributed by atoms with Gasteiger partial charge in [-0.3, -0.25) is 0 Å².